The second-order valence-corrected chi connectivity index (χ2v) is 6.22. The molecule has 1 rings (SSSR count). The number of nitrogens with two attached hydrogens (primary N) is 1. The van der Waals surface area contributed by atoms with Crippen molar-refractivity contribution in [2.75, 3.05) is 6.54 Å². The smallest absolute Gasteiger partial charge is 0.0968 e. The maximum absolute atomic E-state index is 6.11. The Morgan fingerprint density at radius 3 is 2.31 bits per heavy atom. The van der Waals surface area contributed by atoms with E-state index in [2.05, 4.69) is 32.7 Å². The SMILES string of the molecule is CC(C)C(C)(C)CN=C(N)C1CCCCC1. The van der Waals surface area contributed by atoms with Crippen LogP contribution in [0.2, 0.25) is 0 Å². The Morgan fingerprint density at radius 2 is 1.81 bits per heavy atom. The molecule has 0 saturated heterocycles. The van der Waals surface area contributed by atoms with E-state index in [0.717, 1.165) is 12.4 Å². The van der Waals surface area contributed by atoms with Crippen molar-refractivity contribution in [3.63, 3.8) is 0 Å². The number of amidine groups is 1. The Hall–Kier alpha value is -0.530. The predicted octanol–water partition coefficient (Wildman–Crippen LogP) is 3.61. The second kappa shape index (κ2) is 5.70. The fourth-order valence-electron chi connectivity index (χ4n) is 2.01. The fourth-order valence-corrected chi connectivity index (χ4v) is 2.01. The van der Waals surface area contributed by atoms with Crippen molar-refractivity contribution in [2.24, 2.45) is 28.0 Å². The monoisotopic (exact) mass is 224 g/mol. The molecule has 16 heavy (non-hydrogen) atoms. The van der Waals surface area contributed by atoms with Crippen molar-refractivity contribution in [3.8, 4) is 0 Å². The van der Waals surface area contributed by atoms with Crippen LogP contribution in [0.3, 0.4) is 0 Å². The molecular weight excluding hydrogens is 196 g/mol. The van der Waals surface area contributed by atoms with E-state index in [9.17, 15) is 0 Å². The number of aliphatic imine (C=N–C) groups is 1. The van der Waals surface area contributed by atoms with Gasteiger partial charge in [0.1, 0.15) is 0 Å². The van der Waals surface area contributed by atoms with Crippen molar-refractivity contribution >= 4 is 5.84 Å². The minimum Gasteiger partial charge on any atom is -0.387 e. The minimum atomic E-state index is 0.263. The molecule has 2 nitrogen and oxygen atoms in total. The first-order chi connectivity index (χ1) is 7.43. The lowest BCUT2D eigenvalue weighted by Crippen LogP contribution is -2.29. The lowest BCUT2D eigenvalue weighted by Gasteiger charge is -2.28. The summed E-state index contributed by atoms with van der Waals surface area (Å²) in [6.45, 7) is 9.93. The molecule has 0 amide bonds. The normalized spacial score (nSPS) is 20.4. The number of hydrogen-bond donors (Lipinski definition) is 1. The van der Waals surface area contributed by atoms with Crippen LogP contribution in [0.4, 0.5) is 0 Å². The lowest BCUT2D eigenvalue weighted by atomic mass is 9.81. The number of nitrogens with zero attached hydrogens (tertiary/aromatic N) is 1. The van der Waals surface area contributed by atoms with Gasteiger partial charge in [0.2, 0.25) is 0 Å². The summed E-state index contributed by atoms with van der Waals surface area (Å²) >= 11 is 0. The molecule has 0 bridgehead atoms. The molecule has 1 fully saturated rings. The molecule has 1 aliphatic rings. The van der Waals surface area contributed by atoms with Gasteiger partial charge in [-0.15, -0.1) is 0 Å². The first kappa shape index (κ1) is 13.5. The quantitative estimate of drug-likeness (QED) is 0.575. The molecule has 0 atom stereocenters. The average molecular weight is 224 g/mol. The van der Waals surface area contributed by atoms with E-state index in [1.807, 2.05) is 0 Å². The van der Waals surface area contributed by atoms with Crippen molar-refractivity contribution in [1.82, 2.24) is 0 Å². The summed E-state index contributed by atoms with van der Waals surface area (Å²) < 4.78 is 0. The van der Waals surface area contributed by atoms with E-state index < -0.39 is 0 Å². The Bertz CT molecular complexity index is 235. The van der Waals surface area contributed by atoms with Gasteiger partial charge >= 0.3 is 0 Å². The number of rotatable bonds is 4. The van der Waals surface area contributed by atoms with E-state index in [1.165, 1.54) is 32.1 Å². The van der Waals surface area contributed by atoms with Crippen LogP contribution in [0.15, 0.2) is 4.99 Å². The van der Waals surface area contributed by atoms with Crippen molar-refractivity contribution in [1.29, 1.82) is 0 Å². The maximum atomic E-state index is 6.11. The zero-order valence-corrected chi connectivity index (χ0v) is 11.4. The van der Waals surface area contributed by atoms with Crippen molar-refractivity contribution in [2.45, 2.75) is 59.8 Å². The van der Waals surface area contributed by atoms with Crippen LogP contribution in [0.1, 0.15) is 59.8 Å². The van der Waals surface area contributed by atoms with Crippen molar-refractivity contribution in [3.05, 3.63) is 0 Å². The third-order valence-electron chi connectivity index (χ3n) is 4.26. The van der Waals surface area contributed by atoms with Crippen LogP contribution in [-0.2, 0) is 0 Å². The highest BCUT2D eigenvalue weighted by Crippen LogP contribution is 2.27. The van der Waals surface area contributed by atoms with Gasteiger partial charge in [-0.3, -0.25) is 4.99 Å². The van der Waals surface area contributed by atoms with Gasteiger partial charge in [0.05, 0.1) is 5.84 Å². The highest BCUT2D eigenvalue weighted by atomic mass is 14.9. The summed E-state index contributed by atoms with van der Waals surface area (Å²) in [6.07, 6.45) is 6.53. The molecule has 0 aromatic rings. The van der Waals surface area contributed by atoms with E-state index >= 15 is 0 Å². The van der Waals surface area contributed by atoms with Gasteiger partial charge in [0.25, 0.3) is 0 Å². The molecule has 0 radical (unpaired) electrons. The lowest BCUT2D eigenvalue weighted by molar-refractivity contribution is 0.261. The molecule has 0 heterocycles. The summed E-state index contributed by atoms with van der Waals surface area (Å²) in [5.41, 5.74) is 6.37. The second-order valence-electron chi connectivity index (χ2n) is 6.22. The minimum absolute atomic E-state index is 0.263. The molecule has 0 spiro atoms. The Labute approximate surface area is 101 Å². The average Bonchev–Trinajstić information content (AvgIpc) is 2.27. The molecule has 0 unspecified atom stereocenters. The predicted molar refractivity (Wildman–Crippen MR) is 71.7 cm³/mol. The van der Waals surface area contributed by atoms with Crippen LogP contribution < -0.4 is 5.73 Å². The third kappa shape index (κ3) is 3.80. The third-order valence-corrected chi connectivity index (χ3v) is 4.26. The standard InChI is InChI=1S/C14H28N2/c1-11(2)14(3,4)10-16-13(15)12-8-6-5-7-9-12/h11-12H,5-10H2,1-4H3,(H2,15,16). The van der Waals surface area contributed by atoms with Crippen LogP contribution in [0, 0.1) is 17.3 Å². The summed E-state index contributed by atoms with van der Waals surface area (Å²) in [5, 5.41) is 0. The molecule has 2 heteroatoms. The van der Waals surface area contributed by atoms with E-state index in [1.54, 1.807) is 0 Å². The van der Waals surface area contributed by atoms with E-state index in [-0.39, 0.29) is 5.41 Å². The van der Waals surface area contributed by atoms with Gasteiger partial charge in [0, 0.05) is 12.5 Å². The van der Waals surface area contributed by atoms with Crippen LogP contribution >= 0.6 is 0 Å². The van der Waals surface area contributed by atoms with E-state index in [0.29, 0.717) is 11.8 Å². The molecule has 0 aliphatic heterocycles. The summed E-state index contributed by atoms with van der Waals surface area (Å²) in [7, 11) is 0. The highest BCUT2D eigenvalue weighted by molar-refractivity contribution is 5.82. The van der Waals surface area contributed by atoms with Gasteiger partial charge in [-0.25, -0.2) is 0 Å². The van der Waals surface area contributed by atoms with E-state index in [4.69, 9.17) is 5.73 Å². The Morgan fingerprint density at radius 1 is 1.25 bits per heavy atom. The zero-order chi connectivity index (χ0) is 12.2. The zero-order valence-electron chi connectivity index (χ0n) is 11.4. The van der Waals surface area contributed by atoms with Gasteiger partial charge in [-0.1, -0.05) is 47.0 Å². The Kier molecular flexibility index (Phi) is 4.82. The first-order valence-electron chi connectivity index (χ1n) is 6.73. The molecular formula is C14H28N2. The molecule has 1 aliphatic carbocycles. The molecule has 94 valence electrons. The topological polar surface area (TPSA) is 38.4 Å². The van der Waals surface area contributed by atoms with Crippen LogP contribution in [0.5, 0.6) is 0 Å². The van der Waals surface area contributed by atoms with Gasteiger partial charge < -0.3 is 5.73 Å². The summed E-state index contributed by atoms with van der Waals surface area (Å²) in [6, 6.07) is 0. The Balaban J connectivity index is 2.49. The van der Waals surface area contributed by atoms with Gasteiger partial charge in [-0.2, -0.15) is 0 Å². The van der Waals surface area contributed by atoms with Crippen LogP contribution in [-0.4, -0.2) is 12.4 Å². The molecule has 1 saturated carbocycles. The summed E-state index contributed by atoms with van der Waals surface area (Å²) in [4.78, 5) is 4.64. The highest BCUT2D eigenvalue weighted by Gasteiger charge is 2.23. The maximum Gasteiger partial charge on any atom is 0.0968 e. The molecule has 0 aromatic heterocycles. The first-order valence-corrected chi connectivity index (χ1v) is 6.73. The largest absolute Gasteiger partial charge is 0.387 e. The molecule has 0 aromatic carbocycles. The number of hydrogen-bond acceptors (Lipinski definition) is 1. The van der Waals surface area contributed by atoms with Crippen molar-refractivity contribution < 1.29 is 0 Å². The van der Waals surface area contributed by atoms with Gasteiger partial charge in [-0.05, 0) is 24.2 Å². The summed E-state index contributed by atoms with van der Waals surface area (Å²) in [5.74, 6) is 2.13. The molecule has 2 N–H and O–H groups in total. The fraction of sp³-hybridized carbons (Fsp3) is 0.929. The van der Waals surface area contributed by atoms with Crippen LogP contribution in [0.25, 0.3) is 0 Å². The van der Waals surface area contributed by atoms with Gasteiger partial charge in [0.15, 0.2) is 0 Å².